The number of aliphatic hydroxyl groups is 1. The molecule has 4 atom stereocenters. The van der Waals surface area contributed by atoms with Gasteiger partial charge >= 0.3 is 0 Å². The molecule has 1 heterocycles. The maximum absolute atomic E-state index is 9.71. The Morgan fingerprint density at radius 3 is 2.69 bits per heavy atom. The van der Waals surface area contributed by atoms with Crippen LogP contribution in [0, 0.1) is 5.41 Å². The van der Waals surface area contributed by atoms with E-state index in [4.69, 9.17) is 4.74 Å². The van der Waals surface area contributed by atoms with E-state index in [9.17, 15) is 5.11 Å². The van der Waals surface area contributed by atoms with E-state index in [1.807, 2.05) is 0 Å². The summed E-state index contributed by atoms with van der Waals surface area (Å²) in [6.45, 7) is 7.36. The van der Waals surface area contributed by atoms with Crippen LogP contribution in [0.5, 0.6) is 0 Å². The molecule has 0 bridgehead atoms. The second kappa shape index (κ2) is 4.63. The first-order valence-corrected chi connectivity index (χ1v) is 6.59. The van der Waals surface area contributed by atoms with Gasteiger partial charge in [0, 0.05) is 24.1 Å². The van der Waals surface area contributed by atoms with Crippen LogP contribution in [0.15, 0.2) is 0 Å². The van der Waals surface area contributed by atoms with Gasteiger partial charge in [-0.05, 0) is 25.7 Å². The summed E-state index contributed by atoms with van der Waals surface area (Å²) in [7, 11) is 0. The van der Waals surface area contributed by atoms with E-state index < -0.39 is 0 Å². The molecule has 16 heavy (non-hydrogen) atoms. The molecule has 2 fully saturated rings. The molecule has 3 nitrogen and oxygen atoms in total. The van der Waals surface area contributed by atoms with Crippen LogP contribution >= 0.6 is 0 Å². The highest BCUT2D eigenvalue weighted by molar-refractivity contribution is 5.03. The fourth-order valence-corrected chi connectivity index (χ4v) is 2.79. The molecule has 0 aromatic heterocycles. The fraction of sp³-hybridized carbons (Fsp3) is 1.00. The molecule has 4 unspecified atom stereocenters. The molecule has 2 N–H and O–H groups in total. The number of nitrogens with one attached hydrogen (secondary N) is 1. The molecule has 0 aromatic carbocycles. The van der Waals surface area contributed by atoms with Crippen molar-refractivity contribution in [1.82, 2.24) is 5.32 Å². The highest BCUT2D eigenvalue weighted by Gasteiger charge is 2.47. The van der Waals surface area contributed by atoms with Crippen LogP contribution in [0.1, 0.15) is 46.5 Å². The normalized spacial score (nSPS) is 42.8. The standard InChI is InChI=1S/C13H25NO2/c1-4-10-7-9(5-6-16-10)14-11-8-12(15)13(11,2)3/h9-12,14-15H,4-8H2,1-3H3. The van der Waals surface area contributed by atoms with Gasteiger partial charge in [-0.1, -0.05) is 20.8 Å². The minimum Gasteiger partial charge on any atom is -0.392 e. The van der Waals surface area contributed by atoms with Crippen molar-refractivity contribution in [2.75, 3.05) is 6.61 Å². The predicted octanol–water partition coefficient (Wildman–Crippen LogP) is 1.69. The first-order valence-electron chi connectivity index (χ1n) is 6.59. The van der Waals surface area contributed by atoms with Crippen molar-refractivity contribution in [2.24, 2.45) is 5.41 Å². The summed E-state index contributed by atoms with van der Waals surface area (Å²) in [6.07, 6.45) is 4.54. The summed E-state index contributed by atoms with van der Waals surface area (Å²) in [5.41, 5.74) is 0.0417. The zero-order chi connectivity index (χ0) is 11.8. The van der Waals surface area contributed by atoms with Crippen LogP contribution in [-0.2, 0) is 4.74 Å². The SMILES string of the molecule is CCC1CC(NC2CC(O)C2(C)C)CCO1. The monoisotopic (exact) mass is 227 g/mol. The highest BCUT2D eigenvalue weighted by atomic mass is 16.5. The summed E-state index contributed by atoms with van der Waals surface area (Å²) in [5, 5.41) is 13.4. The lowest BCUT2D eigenvalue weighted by molar-refractivity contribution is -0.0841. The molecule has 1 aliphatic heterocycles. The van der Waals surface area contributed by atoms with Crippen molar-refractivity contribution in [1.29, 1.82) is 0 Å². The molecule has 0 radical (unpaired) electrons. The molecule has 2 rings (SSSR count). The molecule has 2 aliphatic rings. The van der Waals surface area contributed by atoms with Crippen LogP contribution in [-0.4, -0.2) is 36.0 Å². The topological polar surface area (TPSA) is 41.5 Å². The molecule has 94 valence electrons. The maximum Gasteiger partial charge on any atom is 0.0621 e. The van der Waals surface area contributed by atoms with Crippen molar-refractivity contribution in [3.05, 3.63) is 0 Å². The van der Waals surface area contributed by atoms with E-state index in [-0.39, 0.29) is 11.5 Å². The van der Waals surface area contributed by atoms with Crippen molar-refractivity contribution in [2.45, 2.75) is 70.7 Å². The summed E-state index contributed by atoms with van der Waals surface area (Å²) >= 11 is 0. The zero-order valence-corrected chi connectivity index (χ0v) is 10.7. The third-order valence-corrected chi connectivity index (χ3v) is 4.48. The van der Waals surface area contributed by atoms with Gasteiger partial charge in [-0.15, -0.1) is 0 Å². The summed E-state index contributed by atoms with van der Waals surface area (Å²) in [6, 6.07) is 1.05. The summed E-state index contributed by atoms with van der Waals surface area (Å²) in [4.78, 5) is 0. The molecule has 1 saturated heterocycles. The van der Waals surface area contributed by atoms with E-state index in [1.54, 1.807) is 0 Å². The average Bonchev–Trinajstić information content (AvgIpc) is 2.29. The molecule has 0 spiro atoms. The van der Waals surface area contributed by atoms with Crippen LogP contribution in [0.25, 0.3) is 0 Å². The van der Waals surface area contributed by atoms with Crippen molar-refractivity contribution >= 4 is 0 Å². The van der Waals surface area contributed by atoms with E-state index in [0.29, 0.717) is 18.2 Å². The maximum atomic E-state index is 9.71. The molecule has 0 aromatic rings. The quantitative estimate of drug-likeness (QED) is 0.771. The summed E-state index contributed by atoms with van der Waals surface area (Å²) in [5.74, 6) is 0. The van der Waals surface area contributed by atoms with E-state index >= 15 is 0 Å². The lowest BCUT2D eigenvalue weighted by Crippen LogP contribution is -2.62. The Morgan fingerprint density at radius 2 is 2.12 bits per heavy atom. The minimum atomic E-state index is -0.133. The first kappa shape index (κ1) is 12.3. The fourth-order valence-electron chi connectivity index (χ4n) is 2.79. The Kier molecular flexibility index (Phi) is 3.57. The van der Waals surface area contributed by atoms with Crippen LogP contribution in [0.2, 0.25) is 0 Å². The van der Waals surface area contributed by atoms with Gasteiger partial charge in [-0.2, -0.15) is 0 Å². The number of hydrogen-bond donors (Lipinski definition) is 2. The second-order valence-electron chi connectivity index (χ2n) is 5.91. The smallest absolute Gasteiger partial charge is 0.0621 e. The Morgan fingerprint density at radius 1 is 1.38 bits per heavy atom. The van der Waals surface area contributed by atoms with Gasteiger partial charge in [-0.3, -0.25) is 0 Å². The third-order valence-electron chi connectivity index (χ3n) is 4.48. The van der Waals surface area contributed by atoms with E-state index in [2.05, 4.69) is 26.1 Å². The van der Waals surface area contributed by atoms with Crippen LogP contribution in [0.3, 0.4) is 0 Å². The Hall–Kier alpha value is -0.120. The Labute approximate surface area is 98.6 Å². The molecule has 1 saturated carbocycles. The lowest BCUT2D eigenvalue weighted by Gasteiger charge is -2.51. The first-order chi connectivity index (χ1) is 7.54. The van der Waals surface area contributed by atoms with Crippen LogP contribution < -0.4 is 5.32 Å². The van der Waals surface area contributed by atoms with Gasteiger partial charge in [0.05, 0.1) is 12.2 Å². The molecule has 1 aliphatic carbocycles. The van der Waals surface area contributed by atoms with Gasteiger partial charge in [0.15, 0.2) is 0 Å². The van der Waals surface area contributed by atoms with E-state index in [1.165, 1.54) is 0 Å². The van der Waals surface area contributed by atoms with Gasteiger partial charge in [0.2, 0.25) is 0 Å². The second-order valence-corrected chi connectivity index (χ2v) is 5.91. The van der Waals surface area contributed by atoms with Gasteiger partial charge < -0.3 is 15.2 Å². The van der Waals surface area contributed by atoms with Crippen molar-refractivity contribution in [3.8, 4) is 0 Å². The van der Waals surface area contributed by atoms with Gasteiger partial charge in [-0.25, -0.2) is 0 Å². The number of hydrogen-bond acceptors (Lipinski definition) is 3. The minimum absolute atomic E-state index is 0.0417. The zero-order valence-electron chi connectivity index (χ0n) is 10.7. The van der Waals surface area contributed by atoms with Gasteiger partial charge in [0.25, 0.3) is 0 Å². The Bertz CT molecular complexity index is 242. The average molecular weight is 227 g/mol. The third kappa shape index (κ3) is 2.27. The highest BCUT2D eigenvalue weighted by Crippen LogP contribution is 2.41. The number of rotatable bonds is 3. The molecular formula is C13H25NO2. The lowest BCUT2D eigenvalue weighted by atomic mass is 9.64. The molecular weight excluding hydrogens is 202 g/mol. The molecule has 0 amide bonds. The number of aliphatic hydroxyl groups excluding tert-OH is 1. The van der Waals surface area contributed by atoms with Crippen LogP contribution in [0.4, 0.5) is 0 Å². The van der Waals surface area contributed by atoms with Gasteiger partial charge in [0.1, 0.15) is 0 Å². The predicted molar refractivity (Wildman–Crippen MR) is 64.4 cm³/mol. The van der Waals surface area contributed by atoms with Crippen molar-refractivity contribution in [3.63, 3.8) is 0 Å². The Balaban J connectivity index is 1.82. The van der Waals surface area contributed by atoms with E-state index in [0.717, 1.165) is 32.3 Å². The largest absolute Gasteiger partial charge is 0.392 e. The van der Waals surface area contributed by atoms with Crippen molar-refractivity contribution < 1.29 is 9.84 Å². The number of ether oxygens (including phenoxy) is 1. The molecule has 3 heteroatoms. The summed E-state index contributed by atoms with van der Waals surface area (Å²) < 4.78 is 5.67.